The second kappa shape index (κ2) is 2.61. The van der Waals surface area contributed by atoms with Gasteiger partial charge >= 0.3 is 0 Å². The Morgan fingerprint density at radius 3 is 2.67 bits per heavy atom. The topological polar surface area (TPSA) is 81.2 Å². The summed E-state index contributed by atoms with van der Waals surface area (Å²) in [6.07, 6.45) is 6.38. The maximum atomic E-state index is 11.8. The maximum absolute atomic E-state index is 11.8. The molecular formula is C10H13N3O2. The number of nitrogens with one attached hydrogen (secondary N) is 1. The normalized spacial score (nSPS) is 24.6. The van der Waals surface area contributed by atoms with Crippen molar-refractivity contribution in [1.29, 1.82) is 0 Å². The average Bonchev–Trinajstić information content (AvgIpc) is 3.10. The Labute approximate surface area is 87.0 Å². The third kappa shape index (κ3) is 1.34. The first-order valence-electron chi connectivity index (χ1n) is 5.15. The summed E-state index contributed by atoms with van der Waals surface area (Å²) in [7, 11) is 0. The Hall–Kier alpha value is -1.36. The fourth-order valence-electron chi connectivity index (χ4n) is 1.72. The molecule has 0 aromatic carbocycles. The molecule has 15 heavy (non-hydrogen) atoms. The summed E-state index contributed by atoms with van der Waals surface area (Å²) in [6.45, 7) is 0. The van der Waals surface area contributed by atoms with Crippen LogP contribution in [0.2, 0.25) is 0 Å². The summed E-state index contributed by atoms with van der Waals surface area (Å²) < 4.78 is 4.93. The van der Waals surface area contributed by atoms with Crippen LogP contribution in [0.3, 0.4) is 0 Å². The van der Waals surface area contributed by atoms with Crippen molar-refractivity contribution in [3.8, 4) is 0 Å². The fraction of sp³-hybridized carbons (Fsp3) is 0.600. The van der Waals surface area contributed by atoms with Gasteiger partial charge < -0.3 is 15.5 Å². The zero-order valence-corrected chi connectivity index (χ0v) is 8.32. The van der Waals surface area contributed by atoms with Crippen LogP contribution >= 0.6 is 0 Å². The molecule has 1 amide bonds. The molecule has 1 aromatic rings. The van der Waals surface area contributed by atoms with E-state index in [1.165, 1.54) is 6.39 Å². The van der Waals surface area contributed by atoms with E-state index in [4.69, 9.17) is 10.2 Å². The van der Waals surface area contributed by atoms with Crippen LogP contribution in [0.15, 0.2) is 17.1 Å². The molecular weight excluding hydrogens is 194 g/mol. The summed E-state index contributed by atoms with van der Waals surface area (Å²) in [5.41, 5.74) is 5.72. The van der Waals surface area contributed by atoms with Crippen molar-refractivity contribution in [3.63, 3.8) is 0 Å². The number of hydrogen-bond donors (Lipinski definition) is 2. The highest BCUT2D eigenvalue weighted by atomic mass is 16.3. The molecule has 80 valence electrons. The molecule has 0 saturated heterocycles. The predicted octanol–water partition coefficient (Wildman–Crippen LogP) is 0.271. The Morgan fingerprint density at radius 1 is 1.47 bits per heavy atom. The fourth-order valence-corrected chi connectivity index (χ4v) is 1.72. The third-order valence-corrected chi connectivity index (χ3v) is 3.27. The summed E-state index contributed by atoms with van der Waals surface area (Å²) >= 11 is 0. The molecule has 2 saturated carbocycles. The molecule has 1 aromatic heterocycles. The SMILES string of the molecule is NC1(C(=O)NC2(c3cocn3)CC2)CC1. The second-order valence-corrected chi connectivity index (χ2v) is 4.57. The van der Waals surface area contributed by atoms with Crippen LogP contribution in [0.1, 0.15) is 31.4 Å². The van der Waals surface area contributed by atoms with Gasteiger partial charge in [-0.3, -0.25) is 4.79 Å². The van der Waals surface area contributed by atoms with E-state index in [1.807, 2.05) is 0 Å². The molecule has 2 aliphatic carbocycles. The first kappa shape index (κ1) is 8.91. The lowest BCUT2D eigenvalue weighted by molar-refractivity contribution is -0.124. The van der Waals surface area contributed by atoms with Crippen LogP contribution in [-0.4, -0.2) is 16.4 Å². The van der Waals surface area contributed by atoms with E-state index in [1.54, 1.807) is 6.26 Å². The first-order chi connectivity index (χ1) is 7.15. The number of nitrogens with two attached hydrogens (primary N) is 1. The van der Waals surface area contributed by atoms with E-state index >= 15 is 0 Å². The van der Waals surface area contributed by atoms with Gasteiger partial charge in [0.15, 0.2) is 6.39 Å². The van der Waals surface area contributed by atoms with E-state index in [2.05, 4.69) is 10.3 Å². The number of oxazole rings is 1. The molecule has 0 atom stereocenters. The third-order valence-electron chi connectivity index (χ3n) is 3.27. The molecule has 3 N–H and O–H groups in total. The molecule has 0 spiro atoms. The molecule has 0 unspecified atom stereocenters. The number of carbonyl (C=O) groups excluding carboxylic acids is 1. The van der Waals surface area contributed by atoms with Gasteiger partial charge in [0.25, 0.3) is 0 Å². The highest BCUT2D eigenvalue weighted by molar-refractivity contribution is 5.89. The van der Waals surface area contributed by atoms with Crippen molar-refractivity contribution in [2.45, 2.75) is 36.8 Å². The largest absolute Gasteiger partial charge is 0.451 e. The molecule has 3 rings (SSSR count). The molecule has 0 radical (unpaired) electrons. The monoisotopic (exact) mass is 207 g/mol. The highest BCUT2D eigenvalue weighted by Gasteiger charge is 2.53. The zero-order valence-electron chi connectivity index (χ0n) is 8.32. The number of hydrogen-bond acceptors (Lipinski definition) is 4. The lowest BCUT2D eigenvalue weighted by Gasteiger charge is -2.17. The Bertz CT molecular complexity index is 391. The van der Waals surface area contributed by atoms with Gasteiger partial charge in [-0.15, -0.1) is 0 Å². The van der Waals surface area contributed by atoms with Crippen molar-refractivity contribution < 1.29 is 9.21 Å². The minimum absolute atomic E-state index is 0.0528. The highest BCUT2D eigenvalue weighted by Crippen LogP contribution is 2.46. The molecule has 5 heteroatoms. The molecule has 0 aliphatic heterocycles. The van der Waals surface area contributed by atoms with E-state index in [-0.39, 0.29) is 11.4 Å². The molecule has 1 heterocycles. The van der Waals surface area contributed by atoms with E-state index in [9.17, 15) is 4.79 Å². The van der Waals surface area contributed by atoms with Gasteiger partial charge in [0.05, 0.1) is 11.1 Å². The van der Waals surface area contributed by atoms with Gasteiger partial charge in [-0.05, 0) is 25.7 Å². The quantitative estimate of drug-likeness (QED) is 0.745. The van der Waals surface area contributed by atoms with Crippen molar-refractivity contribution in [2.75, 3.05) is 0 Å². The number of carbonyl (C=O) groups is 1. The number of rotatable bonds is 3. The summed E-state index contributed by atoms with van der Waals surface area (Å²) in [6, 6.07) is 0. The summed E-state index contributed by atoms with van der Waals surface area (Å²) in [5, 5.41) is 2.99. The van der Waals surface area contributed by atoms with Gasteiger partial charge in [0, 0.05) is 0 Å². The average molecular weight is 207 g/mol. The van der Waals surface area contributed by atoms with Crippen molar-refractivity contribution in [3.05, 3.63) is 18.4 Å². The Morgan fingerprint density at radius 2 is 2.20 bits per heavy atom. The Balaban J connectivity index is 1.75. The van der Waals surface area contributed by atoms with Crippen LogP contribution in [0, 0.1) is 0 Å². The second-order valence-electron chi connectivity index (χ2n) is 4.57. The number of nitrogens with zero attached hydrogens (tertiary/aromatic N) is 1. The van der Waals surface area contributed by atoms with Crippen LogP contribution < -0.4 is 11.1 Å². The Kier molecular flexibility index (Phi) is 1.55. The van der Waals surface area contributed by atoms with E-state index < -0.39 is 5.54 Å². The summed E-state index contributed by atoms with van der Waals surface area (Å²) in [4.78, 5) is 15.9. The van der Waals surface area contributed by atoms with Crippen LogP contribution in [-0.2, 0) is 10.3 Å². The lowest BCUT2D eigenvalue weighted by atomic mass is 10.1. The van der Waals surface area contributed by atoms with Gasteiger partial charge in [-0.25, -0.2) is 4.98 Å². The van der Waals surface area contributed by atoms with Crippen molar-refractivity contribution in [1.82, 2.24) is 10.3 Å². The van der Waals surface area contributed by atoms with Crippen LogP contribution in [0.4, 0.5) is 0 Å². The molecule has 5 nitrogen and oxygen atoms in total. The van der Waals surface area contributed by atoms with Crippen LogP contribution in [0.25, 0.3) is 0 Å². The standard InChI is InChI=1S/C10H13N3O2/c11-9(1-2-9)8(14)13-10(3-4-10)7-5-15-6-12-7/h5-6H,1-4,11H2,(H,13,14). The van der Waals surface area contributed by atoms with Gasteiger partial charge in [-0.1, -0.05) is 0 Å². The van der Waals surface area contributed by atoms with E-state index in [0.717, 1.165) is 31.4 Å². The maximum Gasteiger partial charge on any atom is 0.240 e. The van der Waals surface area contributed by atoms with Crippen molar-refractivity contribution in [2.24, 2.45) is 5.73 Å². The van der Waals surface area contributed by atoms with Gasteiger partial charge in [-0.2, -0.15) is 0 Å². The first-order valence-corrected chi connectivity index (χ1v) is 5.15. The minimum atomic E-state index is -0.612. The van der Waals surface area contributed by atoms with Gasteiger partial charge in [0.2, 0.25) is 5.91 Å². The number of aromatic nitrogens is 1. The molecule has 2 fully saturated rings. The zero-order chi connectivity index (χ0) is 10.5. The predicted molar refractivity (Wildman–Crippen MR) is 51.7 cm³/mol. The molecule has 0 bridgehead atoms. The lowest BCUT2D eigenvalue weighted by Crippen LogP contribution is -2.47. The van der Waals surface area contributed by atoms with Gasteiger partial charge in [0.1, 0.15) is 12.0 Å². The van der Waals surface area contributed by atoms with Crippen molar-refractivity contribution >= 4 is 5.91 Å². The molecule has 2 aliphatic rings. The van der Waals surface area contributed by atoms with E-state index in [0.29, 0.717) is 0 Å². The number of amides is 1. The smallest absolute Gasteiger partial charge is 0.240 e. The minimum Gasteiger partial charge on any atom is -0.451 e. The van der Waals surface area contributed by atoms with Crippen LogP contribution in [0.5, 0.6) is 0 Å². The summed E-state index contributed by atoms with van der Waals surface area (Å²) in [5.74, 6) is -0.0528.